The van der Waals surface area contributed by atoms with Crippen LogP contribution in [-0.2, 0) is 26.1 Å². The quantitative estimate of drug-likeness (QED) is 0.303. The fraction of sp³-hybridized carbons (Fsp3) is 0.343. The molecule has 3 aromatic rings. The lowest BCUT2D eigenvalue weighted by Crippen LogP contribution is -2.54. The van der Waals surface area contributed by atoms with E-state index in [1.807, 2.05) is 0 Å². The lowest BCUT2D eigenvalue weighted by molar-refractivity contribution is -0.138. The highest BCUT2D eigenvalue weighted by Gasteiger charge is 2.45. The molecule has 3 aliphatic heterocycles. The van der Waals surface area contributed by atoms with Gasteiger partial charge in [-0.25, -0.2) is 0 Å². The standard InChI is InChI=1S/C35H30F3N7O5/c1-34(2,33(50)41-23-6-5-22(17-39)27(15-23)35(36,37)38)44-19-21(18-40-44)4-3-20-11-13-43(14-12-20)24-7-8-25-26(16-24)32(49)45(31(25)48)28-9-10-29(46)42-30(28)47/h5-8,15-16,18-20,28H,9-14H2,1-2H3,(H,41,50)(H,42,46,47). The minimum absolute atomic E-state index is 0.0447. The van der Waals surface area contributed by atoms with E-state index in [9.17, 15) is 37.1 Å². The first kappa shape index (κ1) is 33.9. The summed E-state index contributed by atoms with van der Waals surface area (Å²) >= 11 is 0. The first-order chi connectivity index (χ1) is 23.7. The lowest BCUT2D eigenvalue weighted by atomic mass is 9.96. The number of nitrogens with zero attached hydrogens (tertiary/aromatic N) is 5. The van der Waals surface area contributed by atoms with E-state index in [0.29, 0.717) is 31.5 Å². The third-order valence-corrected chi connectivity index (χ3v) is 9.12. The van der Waals surface area contributed by atoms with Gasteiger partial charge >= 0.3 is 6.18 Å². The van der Waals surface area contributed by atoms with Crippen LogP contribution in [-0.4, -0.2) is 63.3 Å². The number of fused-ring (bicyclic) bond motifs is 1. The molecule has 15 heteroatoms. The third-order valence-electron chi connectivity index (χ3n) is 9.12. The number of aromatic nitrogens is 2. The molecule has 0 radical (unpaired) electrons. The Morgan fingerprint density at radius 3 is 2.40 bits per heavy atom. The third kappa shape index (κ3) is 6.42. The smallest absolute Gasteiger partial charge is 0.371 e. The van der Waals surface area contributed by atoms with Crippen molar-refractivity contribution in [3.8, 4) is 17.9 Å². The normalized spacial score (nSPS) is 18.3. The molecule has 1 aromatic heterocycles. The van der Waals surface area contributed by atoms with Gasteiger partial charge in [0.25, 0.3) is 17.7 Å². The molecule has 4 heterocycles. The zero-order valence-corrected chi connectivity index (χ0v) is 26.9. The number of piperidine rings is 2. The van der Waals surface area contributed by atoms with Gasteiger partial charge in [0.2, 0.25) is 11.8 Å². The van der Waals surface area contributed by atoms with E-state index in [-0.39, 0.29) is 35.6 Å². The second-order valence-corrected chi connectivity index (χ2v) is 12.8. The molecular formula is C35H30F3N7O5. The van der Waals surface area contributed by atoms with Crippen molar-refractivity contribution in [1.29, 1.82) is 5.26 Å². The van der Waals surface area contributed by atoms with Crippen LogP contribution < -0.4 is 15.5 Å². The van der Waals surface area contributed by atoms with E-state index >= 15 is 0 Å². The number of hydrogen-bond acceptors (Lipinski definition) is 8. The maximum Gasteiger partial charge on any atom is 0.417 e. The van der Waals surface area contributed by atoms with Gasteiger partial charge in [0.05, 0.1) is 40.1 Å². The molecule has 0 aliphatic carbocycles. The largest absolute Gasteiger partial charge is 0.417 e. The topological polar surface area (TPSA) is 158 Å². The molecule has 2 N–H and O–H groups in total. The number of rotatable bonds is 5. The number of carbonyl (C=O) groups excluding carboxylic acids is 5. The molecule has 1 unspecified atom stereocenters. The Kier molecular flexibility index (Phi) is 8.70. The highest BCUT2D eigenvalue weighted by molar-refractivity contribution is 6.23. The van der Waals surface area contributed by atoms with Crippen LogP contribution in [0.5, 0.6) is 0 Å². The minimum atomic E-state index is -4.76. The summed E-state index contributed by atoms with van der Waals surface area (Å²) in [5.74, 6) is 3.55. The molecule has 2 saturated heterocycles. The number of hydrogen-bond donors (Lipinski definition) is 2. The lowest BCUT2D eigenvalue weighted by Gasteiger charge is -2.32. The predicted molar refractivity (Wildman–Crippen MR) is 171 cm³/mol. The Bertz CT molecular complexity index is 2040. The highest BCUT2D eigenvalue weighted by Crippen LogP contribution is 2.35. The summed E-state index contributed by atoms with van der Waals surface area (Å²) in [5, 5.41) is 17.9. The van der Waals surface area contributed by atoms with Crippen molar-refractivity contribution in [2.75, 3.05) is 23.3 Å². The van der Waals surface area contributed by atoms with Gasteiger partial charge < -0.3 is 10.2 Å². The monoisotopic (exact) mass is 685 g/mol. The van der Waals surface area contributed by atoms with E-state index in [4.69, 9.17) is 5.26 Å². The van der Waals surface area contributed by atoms with Crippen LogP contribution in [0, 0.1) is 29.1 Å². The number of nitrogens with one attached hydrogen (secondary N) is 2. The summed E-state index contributed by atoms with van der Waals surface area (Å²) < 4.78 is 41.5. The average molecular weight is 686 g/mol. The van der Waals surface area contributed by atoms with Gasteiger partial charge in [0, 0.05) is 43.0 Å². The summed E-state index contributed by atoms with van der Waals surface area (Å²) in [6.45, 7) is 4.39. The Morgan fingerprint density at radius 2 is 1.72 bits per heavy atom. The molecule has 6 rings (SSSR count). The average Bonchev–Trinajstić information content (AvgIpc) is 3.66. The Hall–Kier alpha value is -5.96. The molecule has 2 fully saturated rings. The van der Waals surface area contributed by atoms with Gasteiger partial charge in [-0.1, -0.05) is 11.8 Å². The molecule has 2 aromatic carbocycles. The number of benzene rings is 2. The fourth-order valence-corrected chi connectivity index (χ4v) is 6.16. The molecule has 12 nitrogen and oxygen atoms in total. The van der Waals surface area contributed by atoms with Crippen molar-refractivity contribution in [3.63, 3.8) is 0 Å². The number of alkyl halides is 3. The van der Waals surface area contributed by atoms with Crippen LogP contribution in [0.2, 0.25) is 0 Å². The first-order valence-electron chi connectivity index (χ1n) is 15.8. The maximum absolute atomic E-state index is 13.4. The van der Waals surface area contributed by atoms with Crippen molar-refractivity contribution in [2.24, 2.45) is 5.92 Å². The number of halogens is 3. The van der Waals surface area contributed by atoms with Crippen molar-refractivity contribution in [3.05, 3.63) is 76.6 Å². The van der Waals surface area contributed by atoms with Crippen LogP contribution in [0.1, 0.15) is 76.9 Å². The van der Waals surface area contributed by atoms with Crippen molar-refractivity contribution >= 4 is 40.9 Å². The summed E-state index contributed by atoms with van der Waals surface area (Å²) in [6, 6.07) is 8.46. The zero-order chi connectivity index (χ0) is 36.0. The van der Waals surface area contributed by atoms with E-state index in [0.717, 1.165) is 22.7 Å². The second-order valence-electron chi connectivity index (χ2n) is 12.8. The number of imide groups is 2. The van der Waals surface area contributed by atoms with Gasteiger partial charge in [-0.2, -0.15) is 23.5 Å². The maximum atomic E-state index is 13.4. The van der Waals surface area contributed by atoms with E-state index in [2.05, 4.69) is 32.5 Å². The summed E-state index contributed by atoms with van der Waals surface area (Å²) in [4.78, 5) is 66.3. The Labute approximate surface area is 284 Å². The number of nitriles is 1. The minimum Gasteiger partial charge on any atom is -0.371 e. The number of amides is 5. The molecule has 1 atom stereocenters. The molecule has 0 spiro atoms. The Morgan fingerprint density at radius 1 is 1.00 bits per heavy atom. The van der Waals surface area contributed by atoms with Gasteiger partial charge in [0.1, 0.15) is 11.6 Å². The van der Waals surface area contributed by atoms with E-state index < -0.39 is 58.4 Å². The highest BCUT2D eigenvalue weighted by atomic mass is 19.4. The van der Waals surface area contributed by atoms with Crippen molar-refractivity contribution in [2.45, 2.75) is 57.3 Å². The van der Waals surface area contributed by atoms with Crippen LogP contribution in [0.25, 0.3) is 0 Å². The van der Waals surface area contributed by atoms with Gasteiger partial charge in [-0.05, 0) is 69.5 Å². The fourth-order valence-electron chi connectivity index (χ4n) is 6.16. The molecule has 5 amide bonds. The molecule has 0 saturated carbocycles. The van der Waals surface area contributed by atoms with Gasteiger partial charge in [0.15, 0.2) is 0 Å². The molecule has 0 bridgehead atoms. The Balaban J connectivity index is 1.07. The van der Waals surface area contributed by atoms with E-state index in [1.54, 1.807) is 38.2 Å². The van der Waals surface area contributed by atoms with Crippen LogP contribution in [0.3, 0.4) is 0 Å². The second kappa shape index (κ2) is 12.8. The predicted octanol–water partition coefficient (Wildman–Crippen LogP) is 3.82. The molecule has 3 aliphatic rings. The van der Waals surface area contributed by atoms with Crippen molar-refractivity contribution in [1.82, 2.24) is 20.0 Å². The summed E-state index contributed by atoms with van der Waals surface area (Å²) in [5.41, 5.74) is -1.35. The SMILES string of the molecule is CC(C)(C(=O)Nc1ccc(C#N)c(C(F)(F)F)c1)n1cc(C#CC2CCN(c3ccc4c(c3)C(=O)N(C3CCC(=O)NC3=O)C4=O)CC2)cn1. The van der Waals surface area contributed by atoms with Crippen LogP contribution in [0.4, 0.5) is 24.5 Å². The zero-order valence-electron chi connectivity index (χ0n) is 26.9. The van der Waals surface area contributed by atoms with Crippen LogP contribution in [0.15, 0.2) is 48.8 Å². The van der Waals surface area contributed by atoms with Gasteiger partial charge in [-0.15, -0.1) is 0 Å². The summed E-state index contributed by atoms with van der Waals surface area (Å²) in [7, 11) is 0. The van der Waals surface area contributed by atoms with Crippen molar-refractivity contribution < 1.29 is 37.1 Å². The molecular weight excluding hydrogens is 655 g/mol. The first-order valence-corrected chi connectivity index (χ1v) is 15.8. The van der Waals surface area contributed by atoms with Gasteiger partial charge in [-0.3, -0.25) is 38.9 Å². The molecule has 50 heavy (non-hydrogen) atoms. The number of carbonyl (C=O) groups is 5. The van der Waals surface area contributed by atoms with Crippen LogP contribution >= 0.6 is 0 Å². The summed E-state index contributed by atoms with van der Waals surface area (Å²) in [6.07, 6.45) is -0.119. The molecule has 256 valence electrons. The van der Waals surface area contributed by atoms with E-state index in [1.165, 1.54) is 23.0 Å². The number of anilines is 2.